The predicted molar refractivity (Wildman–Crippen MR) is 88.3 cm³/mol. The van der Waals surface area contributed by atoms with Crippen LogP contribution < -0.4 is 10.1 Å². The molecule has 0 heterocycles. The van der Waals surface area contributed by atoms with Crippen LogP contribution in [-0.2, 0) is 0 Å². The molecule has 2 heteroatoms. The summed E-state index contributed by atoms with van der Waals surface area (Å²) in [7, 11) is 0. The van der Waals surface area contributed by atoms with E-state index < -0.39 is 0 Å². The number of hydrogen-bond donors (Lipinski definition) is 1. The summed E-state index contributed by atoms with van der Waals surface area (Å²) in [6, 6.07) is 8.40. The highest BCUT2D eigenvalue weighted by molar-refractivity contribution is 5.54. The third kappa shape index (κ3) is 6.76. The van der Waals surface area contributed by atoms with Crippen molar-refractivity contribution in [1.29, 1.82) is 0 Å². The summed E-state index contributed by atoms with van der Waals surface area (Å²) in [5.41, 5.74) is 2.70. The minimum Gasteiger partial charge on any atom is -0.494 e. The lowest BCUT2D eigenvalue weighted by molar-refractivity contribution is 0.309. The molecule has 0 unspecified atom stereocenters. The molecule has 0 radical (unpaired) electrons. The smallest absolute Gasteiger partial charge is 0.119 e. The van der Waals surface area contributed by atoms with Gasteiger partial charge in [-0.2, -0.15) is 0 Å². The molecule has 0 aliphatic heterocycles. The van der Waals surface area contributed by atoms with Gasteiger partial charge in [-0.15, -0.1) is 0 Å². The average Bonchev–Trinajstić information content (AvgIpc) is 2.48. The van der Waals surface area contributed by atoms with Crippen molar-refractivity contribution in [3.63, 3.8) is 0 Å². The molecule has 0 saturated heterocycles. The highest BCUT2D eigenvalue weighted by atomic mass is 16.5. The van der Waals surface area contributed by atoms with Crippen molar-refractivity contribution in [2.24, 2.45) is 0 Å². The third-order valence-corrected chi connectivity index (χ3v) is 3.25. The maximum absolute atomic E-state index is 5.68. The van der Waals surface area contributed by atoms with E-state index in [1.165, 1.54) is 24.0 Å². The Morgan fingerprint density at radius 2 is 1.85 bits per heavy atom. The van der Waals surface area contributed by atoms with Gasteiger partial charge in [0, 0.05) is 6.54 Å². The minimum absolute atomic E-state index is 0.812. The van der Waals surface area contributed by atoms with E-state index in [1.54, 1.807) is 0 Å². The van der Waals surface area contributed by atoms with Crippen LogP contribution in [-0.4, -0.2) is 19.7 Å². The first kappa shape index (κ1) is 16.8. The van der Waals surface area contributed by atoms with E-state index in [9.17, 15) is 0 Å². The molecule has 0 aliphatic carbocycles. The molecule has 2 nitrogen and oxygen atoms in total. The lowest BCUT2D eigenvalue weighted by Gasteiger charge is -2.08. The topological polar surface area (TPSA) is 21.3 Å². The summed E-state index contributed by atoms with van der Waals surface area (Å²) < 4.78 is 5.68. The number of ether oxygens (including phenoxy) is 1. The Balaban J connectivity index is 2.52. The molecule has 20 heavy (non-hydrogen) atoms. The van der Waals surface area contributed by atoms with Crippen LogP contribution in [0.3, 0.4) is 0 Å². The maximum atomic E-state index is 5.68. The molecular weight excluding hydrogens is 246 g/mol. The van der Waals surface area contributed by atoms with Crippen LogP contribution in [0.25, 0.3) is 6.08 Å². The van der Waals surface area contributed by atoms with Crippen molar-refractivity contribution in [2.75, 3.05) is 19.7 Å². The molecular formula is C18H29NO. The second-order valence-corrected chi connectivity index (χ2v) is 5.10. The summed E-state index contributed by atoms with van der Waals surface area (Å²) >= 11 is 0. The van der Waals surface area contributed by atoms with Crippen LogP contribution in [0.1, 0.15) is 52.0 Å². The second kappa shape index (κ2) is 10.5. The number of nitrogens with one attached hydrogen (secondary N) is 1. The van der Waals surface area contributed by atoms with E-state index in [-0.39, 0.29) is 0 Å². The third-order valence-electron chi connectivity index (χ3n) is 3.25. The Morgan fingerprint density at radius 3 is 2.45 bits per heavy atom. The van der Waals surface area contributed by atoms with E-state index >= 15 is 0 Å². The molecule has 0 spiro atoms. The summed E-state index contributed by atoms with van der Waals surface area (Å²) in [6.07, 6.45) is 6.83. The fraction of sp³-hybridized carbons (Fsp3) is 0.556. The molecule has 0 fully saturated rings. The first-order valence-corrected chi connectivity index (χ1v) is 7.93. The van der Waals surface area contributed by atoms with Gasteiger partial charge in [0.1, 0.15) is 5.75 Å². The Hall–Kier alpha value is -1.28. The van der Waals surface area contributed by atoms with Gasteiger partial charge in [0.2, 0.25) is 0 Å². The molecule has 1 aromatic carbocycles. The minimum atomic E-state index is 0.812. The van der Waals surface area contributed by atoms with Crippen LogP contribution in [0.5, 0.6) is 5.75 Å². The summed E-state index contributed by atoms with van der Waals surface area (Å²) in [6.45, 7) is 9.46. The Morgan fingerprint density at radius 1 is 1.10 bits per heavy atom. The van der Waals surface area contributed by atoms with Crippen molar-refractivity contribution in [1.82, 2.24) is 5.32 Å². The molecule has 112 valence electrons. The van der Waals surface area contributed by atoms with Crippen molar-refractivity contribution in [3.05, 3.63) is 35.4 Å². The molecule has 0 aliphatic rings. The van der Waals surface area contributed by atoms with E-state index in [0.29, 0.717) is 0 Å². The van der Waals surface area contributed by atoms with Gasteiger partial charge in [-0.3, -0.25) is 0 Å². The van der Waals surface area contributed by atoms with Crippen LogP contribution >= 0.6 is 0 Å². The van der Waals surface area contributed by atoms with Gasteiger partial charge in [0.25, 0.3) is 0 Å². The van der Waals surface area contributed by atoms with Gasteiger partial charge in [0.15, 0.2) is 0 Å². The molecule has 0 bridgehead atoms. The molecule has 1 N–H and O–H groups in total. The van der Waals surface area contributed by atoms with Crippen LogP contribution in [0.15, 0.2) is 29.8 Å². The van der Waals surface area contributed by atoms with Crippen molar-refractivity contribution in [3.8, 4) is 5.75 Å². The van der Waals surface area contributed by atoms with E-state index in [0.717, 1.165) is 38.3 Å². The van der Waals surface area contributed by atoms with Gasteiger partial charge in [-0.1, -0.05) is 51.0 Å². The standard InChI is InChI=1S/C18H29NO/c1-4-7-13-20-18-10-8-17(9-11-18)14-16(6-3)15-19-12-5-2/h8-11,14,19H,4-7,12-13,15H2,1-3H3. The van der Waals surface area contributed by atoms with Gasteiger partial charge >= 0.3 is 0 Å². The zero-order chi connectivity index (χ0) is 14.6. The zero-order valence-corrected chi connectivity index (χ0v) is 13.2. The fourth-order valence-corrected chi connectivity index (χ4v) is 1.93. The molecule has 1 aromatic rings. The SMILES string of the molecule is CCCCOc1ccc(C=C(CC)CNCCC)cc1. The quantitative estimate of drug-likeness (QED) is 0.627. The number of rotatable bonds is 10. The number of unbranched alkanes of at least 4 members (excludes halogenated alkanes) is 1. The maximum Gasteiger partial charge on any atom is 0.119 e. The predicted octanol–water partition coefficient (Wildman–Crippen LogP) is 4.66. The number of hydrogen-bond acceptors (Lipinski definition) is 2. The Kier molecular flexibility index (Phi) is 8.81. The first-order valence-electron chi connectivity index (χ1n) is 7.93. The lowest BCUT2D eigenvalue weighted by Crippen LogP contribution is -2.17. The van der Waals surface area contributed by atoms with Crippen LogP contribution in [0, 0.1) is 0 Å². The van der Waals surface area contributed by atoms with Crippen LogP contribution in [0.2, 0.25) is 0 Å². The monoisotopic (exact) mass is 275 g/mol. The van der Waals surface area contributed by atoms with Gasteiger partial charge < -0.3 is 10.1 Å². The van der Waals surface area contributed by atoms with E-state index in [4.69, 9.17) is 4.74 Å². The molecule has 1 rings (SSSR count). The second-order valence-electron chi connectivity index (χ2n) is 5.10. The lowest BCUT2D eigenvalue weighted by atomic mass is 10.1. The van der Waals surface area contributed by atoms with Crippen molar-refractivity contribution in [2.45, 2.75) is 46.5 Å². The molecule has 0 saturated carbocycles. The summed E-state index contributed by atoms with van der Waals surface area (Å²) in [5.74, 6) is 0.970. The number of benzene rings is 1. The average molecular weight is 275 g/mol. The normalized spacial score (nSPS) is 11.7. The zero-order valence-electron chi connectivity index (χ0n) is 13.2. The van der Waals surface area contributed by atoms with E-state index in [1.807, 2.05) is 0 Å². The summed E-state index contributed by atoms with van der Waals surface area (Å²) in [4.78, 5) is 0. The summed E-state index contributed by atoms with van der Waals surface area (Å²) in [5, 5.41) is 3.46. The van der Waals surface area contributed by atoms with Crippen LogP contribution in [0.4, 0.5) is 0 Å². The largest absolute Gasteiger partial charge is 0.494 e. The van der Waals surface area contributed by atoms with E-state index in [2.05, 4.69) is 56.4 Å². The van der Waals surface area contributed by atoms with Gasteiger partial charge in [-0.05, 0) is 43.5 Å². The van der Waals surface area contributed by atoms with Crippen molar-refractivity contribution >= 4 is 6.08 Å². The van der Waals surface area contributed by atoms with Gasteiger partial charge in [-0.25, -0.2) is 0 Å². The van der Waals surface area contributed by atoms with Crippen molar-refractivity contribution < 1.29 is 4.74 Å². The molecule has 0 aromatic heterocycles. The molecule has 0 atom stereocenters. The highest BCUT2D eigenvalue weighted by Crippen LogP contribution is 2.15. The first-order chi connectivity index (χ1) is 9.80. The van der Waals surface area contributed by atoms with Gasteiger partial charge in [0.05, 0.1) is 6.61 Å². The highest BCUT2D eigenvalue weighted by Gasteiger charge is 1.97. The Bertz CT molecular complexity index is 381. The fourth-order valence-electron chi connectivity index (χ4n) is 1.93. The Labute approximate surface area is 124 Å². The molecule has 0 amide bonds.